The largest absolute Gasteiger partial charge is 0.541 e. The molecule has 1 aromatic heterocycles. The molecule has 3 rings (SSSR count). The van der Waals surface area contributed by atoms with Crippen LogP contribution in [0.3, 0.4) is 0 Å². The van der Waals surface area contributed by atoms with Crippen molar-refractivity contribution in [1.82, 2.24) is 0 Å². The zero-order chi connectivity index (χ0) is 15.7. The van der Waals surface area contributed by atoms with Crippen molar-refractivity contribution in [3.63, 3.8) is 0 Å². The zero-order valence-corrected chi connectivity index (χ0v) is 12.7. The maximum atomic E-state index is 12.2. The lowest BCUT2D eigenvalue weighted by Crippen LogP contribution is -2.24. The van der Waals surface area contributed by atoms with Crippen molar-refractivity contribution in [2.75, 3.05) is 5.32 Å². The van der Waals surface area contributed by atoms with Crippen LogP contribution >= 0.6 is 15.9 Å². The van der Waals surface area contributed by atoms with Crippen LogP contribution in [0.5, 0.6) is 0 Å². The SMILES string of the molecule is O=C(Nc1c(C(=O)[O-])oc2ccc(Br)cc12)c1ccccc1. The summed E-state index contributed by atoms with van der Waals surface area (Å²) in [5.41, 5.74) is 0.854. The number of hydrogen-bond donors (Lipinski definition) is 1. The lowest BCUT2D eigenvalue weighted by Gasteiger charge is -2.06. The Morgan fingerprint density at radius 1 is 1.09 bits per heavy atom. The Morgan fingerprint density at radius 3 is 2.50 bits per heavy atom. The lowest BCUT2D eigenvalue weighted by atomic mass is 10.2. The Bertz CT molecular complexity index is 870. The normalized spacial score (nSPS) is 10.6. The first-order valence-corrected chi connectivity index (χ1v) is 7.15. The van der Waals surface area contributed by atoms with Gasteiger partial charge in [0.05, 0.1) is 5.69 Å². The van der Waals surface area contributed by atoms with E-state index >= 15 is 0 Å². The molecule has 0 radical (unpaired) electrons. The highest BCUT2D eigenvalue weighted by Gasteiger charge is 2.18. The van der Waals surface area contributed by atoms with Crippen molar-refractivity contribution in [2.45, 2.75) is 0 Å². The van der Waals surface area contributed by atoms with Gasteiger partial charge in [-0.3, -0.25) is 4.79 Å². The van der Waals surface area contributed by atoms with Crippen LogP contribution in [-0.2, 0) is 0 Å². The fourth-order valence-electron chi connectivity index (χ4n) is 2.11. The van der Waals surface area contributed by atoms with E-state index in [2.05, 4.69) is 21.2 Å². The number of hydrogen-bond acceptors (Lipinski definition) is 4. The molecule has 2 aromatic carbocycles. The summed E-state index contributed by atoms with van der Waals surface area (Å²) in [6, 6.07) is 13.5. The van der Waals surface area contributed by atoms with E-state index in [-0.39, 0.29) is 5.69 Å². The number of carboxylic acid groups (broad SMARTS) is 1. The molecule has 0 aliphatic rings. The topological polar surface area (TPSA) is 82.4 Å². The van der Waals surface area contributed by atoms with Gasteiger partial charge in [0.15, 0.2) is 5.76 Å². The van der Waals surface area contributed by atoms with Crippen LogP contribution in [-0.4, -0.2) is 11.9 Å². The molecule has 22 heavy (non-hydrogen) atoms. The summed E-state index contributed by atoms with van der Waals surface area (Å²) in [4.78, 5) is 23.5. The van der Waals surface area contributed by atoms with E-state index in [1.807, 2.05) is 0 Å². The number of anilines is 1. The predicted molar refractivity (Wildman–Crippen MR) is 82.6 cm³/mol. The van der Waals surface area contributed by atoms with Gasteiger partial charge in [0.1, 0.15) is 11.6 Å². The van der Waals surface area contributed by atoms with Gasteiger partial charge in [-0.25, -0.2) is 0 Å². The number of carbonyl (C=O) groups excluding carboxylic acids is 2. The monoisotopic (exact) mass is 358 g/mol. The number of fused-ring (bicyclic) bond motifs is 1. The molecule has 0 saturated heterocycles. The second-order valence-electron chi connectivity index (χ2n) is 4.55. The molecule has 110 valence electrons. The molecule has 0 unspecified atom stereocenters. The van der Waals surface area contributed by atoms with Gasteiger partial charge < -0.3 is 19.6 Å². The minimum Gasteiger partial charge on any atom is -0.541 e. The standard InChI is InChI=1S/C16H10BrNO4/c17-10-6-7-12-11(8-10)13(14(22-12)16(20)21)18-15(19)9-4-2-1-3-5-9/h1-8H,(H,18,19)(H,20,21)/p-1. The Balaban J connectivity index is 2.09. The van der Waals surface area contributed by atoms with Crippen molar-refractivity contribution < 1.29 is 19.1 Å². The summed E-state index contributed by atoms with van der Waals surface area (Å²) in [6.45, 7) is 0. The molecule has 0 saturated carbocycles. The minimum absolute atomic E-state index is 0.0881. The summed E-state index contributed by atoms with van der Waals surface area (Å²) in [5.74, 6) is -2.32. The summed E-state index contributed by atoms with van der Waals surface area (Å²) in [5, 5.41) is 14.3. The van der Waals surface area contributed by atoms with Crippen molar-refractivity contribution in [2.24, 2.45) is 0 Å². The average Bonchev–Trinajstić information content (AvgIpc) is 2.86. The van der Waals surface area contributed by atoms with Gasteiger partial charge in [-0.05, 0) is 30.3 Å². The zero-order valence-electron chi connectivity index (χ0n) is 11.1. The second-order valence-corrected chi connectivity index (χ2v) is 5.47. The molecule has 0 bridgehead atoms. The first-order chi connectivity index (χ1) is 10.6. The lowest BCUT2D eigenvalue weighted by molar-refractivity contribution is -0.256. The Labute approximate surface area is 133 Å². The molecule has 1 N–H and O–H groups in total. The van der Waals surface area contributed by atoms with Crippen LogP contribution in [0.2, 0.25) is 0 Å². The number of amides is 1. The van der Waals surface area contributed by atoms with Crippen LogP contribution in [0.15, 0.2) is 57.4 Å². The van der Waals surface area contributed by atoms with Crippen LogP contribution in [0.1, 0.15) is 20.9 Å². The van der Waals surface area contributed by atoms with Gasteiger partial charge in [-0.2, -0.15) is 0 Å². The van der Waals surface area contributed by atoms with Crippen molar-refractivity contribution in [1.29, 1.82) is 0 Å². The maximum absolute atomic E-state index is 12.2. The fourth-order valence-corrected chi connectivity index (χ4v) is 2.47. The van der Waals surface area contributed by atoms with Crippen LogP contribution in [0.4, 0.5) is 5.69 Å². The molecule has 0 atom stereocenters. The Morgan fingerprint density at radius 2 is 1.82 bits per heavy atom. The number of furan rings is 1. The summed E-state index contributed by atoms with van der Waals surface area (Å²) >= 11 is 3.31. The second kappa shape index (κ2) is 5.65. The van der Waals surface area contributed by atoms with E-state index in [1.54, 1.807) is 48.5 Å². The van der Waals surface area contributed by atoms with Crippen molar-refractivity contribution in [3.8, 4) is 0 Å². The number of carboxylic acids is 1. The summed E-state index contributed by atoms with van der Waals surface area (Å²) in [6.07, 6.45) is 0. The molecule has 1 heterocycles. The van der Waals surface area contributed by atoms with E-state index in [9.17, 15) is 14.7 Å². The molecule has 0 spiro atoms. The third-order valence-corrected chi connectivity index (χ3v) is 3.60. The molecule has 3 aromatic rings. The minimum atomic E-state index is -1.49. The molecule has 5 nitrogen and oxygen atoms in total. The molecular weight excluding hydrogens is 350 g/mol. The van der Waals surface area contributed by atoms with Gasteiger partial charge in [-0.1, -0.05) is 34.1 Å². The van der Waals surface area contributed by atoms with E-state index in [1.165, 1.54) is 0 Å². The highest BCUT2D eigenvalue weighted by atomic mass is 79.9. The molecule has 1 amide bonds. The number of nitrogens with one attached hydrogen (secondary N) is 1. The van der Waals surface area contributed by atoms with Crippen LogP contribution in [0.25, 0.3) is 11.0 Å². The number of carbonyl (C=O) groups is 2. The van der Waals surface area contributed by atoms with E-state index in [4.69, 9.17) is 4.42 Å². The van der Waals surface area contributed by atoms with Gasteiger partial charge in [0.25, 0.3) is 5.91 Å². The predicted octanol–water partition coefficient (Wildman–Crippen LogP) is 2.81. The average molecular weight is 359 g/mol. The molecule has 0 aliphatic carbocycles. The highest BCUT2D eigenvalue weighted by Crippen LogP contribution is 2.33. The van der Waals surface area contributed by atoms with Gasteiger partial charge in [0.2, 0.25) is 0 Å². The van der Waals surface area contributed by atoms with E-state index in [0.717, 1.165) is 4.47 Å². The Hall–Kier alpha value is -2.60. The quantitative estimate of drug-likeness (QED) is 0.780. The summed E-state index contributed by atoms with van der Waals surface area (Å²) < 4.78 is 5.99. The van der Waals surface area contributed by atoms with Crippen LogP contribution in [0, 0.1) is 0 Å². The van der Waals surface area contributed by atoms with E-state index < -0.39 is 17.6 Å². The van der Waals surface area contributed by atoms with Gasteiger partial charge >= 0.3 is 0 Å². The smallest absolute Gasteiger partial charge is 0.255 e. The number of aromatic carboxylic acids is 1. The fraction of sp³-hybridized carbons (Fsp3) is 0. The highest BCUT2D eigenvalue weighted by molar-refractivity contribution is 9.10. The molecule has 0 aliphatic heterocycles. The number of halogens is 1. The van der Waals surface area contributed by atoms with E-state index in [0.29, 0.717) is 16.5 Å². The summed E-state index contributed by atoms with van der Waals surface area (Å²) in [7, 11) is 0. The van der Waals surface area contributed by atoms with Gasteiger partial charge in [0, 0.05) is 15.4 Å². The third kappa shape index (κ3) is 2.60. The van der Waals surface area contributed by atoms with Crippen molar-refractivity contribution >= 4 is 44.5 Å². The molecule has 6 heteroatoms. The van der Waals surface area contributed by atoms with Crippen LogP contribution < -0.4 is 10.4 Å². The third-order valence-electron chi connectivity index (χ3n) is 3.11. The first kappa shape index (κ1) is 14.3. The number of rotatable bonds is 3. The molecule has 0 fully saturated rings. The first-order valence-electron chi connectivity index (χ1n) is 6.36. The van der Waals surface area contributed by atoms with Gasteiger partial charge in [-0.15, -0.1) is 0 Å². The van der Waals surface area contributed by atoms with Crippen molar-refractivity contribution in [3.05, 3.63) is 64.3 Å². The number of benzene rings is 2. The Kier molecular flexibility index (Phi) is 3.68. The molecular formula is C16H9BrNO4-. The maximum Gasteiger partial charge on any atom is 0.255 e.